The number of ether oxygens (including phenoxy) is 1. The number of nitrogens with one attached hydrogen (secondary N) is 1. The number of hydrogen-bond donors (Lipinski definition) is 1. The van der Waals surface area contributed by atoms with Crippen LogP contribution < -0.4 is 5.43 Å². The quantitative estimate of drug-likeness (QED) is 0.487. The molecule has 132 valence electrons. The van der Waals surface area contributed by atoms with Crippen molar-refractivity contribution < 1.29 is 14.3 Å². The lowest BCUT2D eigenvalue weighted by molar-refractivity contribution is -0.127. The third kappa shape index (κ3) is 6.46. The Labute approximate surface area is 139 Å². The molecule has 1 aliphatic heterocycles. The van der Waals surface area contributed by atoms with Crippen LogP contribution in [-0.2, 0) is 9.53 Å². The van der Waals surface area contributed by atoms with Crippen LogP contribution in [-0.4, -0.2) is 60.4 Å². The van der Waals surface area contributed by atoms with Crippen LogP contribution in [0.4, 0.5) is 4.79 Å². The minimum absolute atomic E-state index is 0.0205. The second-order valence-electron chi connectivity index (χ2n) is 7.14. The minimum atomic E-state index is -0.509. The average molecular weight is 326 g/mol. The van der Waals surface area contributed by atoms with Crippen molar-refractivity contribution in [2.45, 2.75) is 58.6 Å². The van der Waals surface area contributed by atoms with Gasteiger partial charge in [-0.2, -0.15) is 5.10 Å². The van der Waals surface area contributed by atoms with E-state index in [1.54, 1.807) is 16.1 Å². The Kier molecular flexibility index (Phi) is 6.84. The third-order valence-electron chi connectivity index (χ3n) is 3.65. The second kappa shape index (κ2) is 8.17. The molecule has 0 unspecified atom stereocenters. The predicted molar refractivity (Wildman–Crippen MR) is 90.1 cm³/mol. The molecule has 1 N–H and O–H groups in total. The van der Waals surface area contributed by atoms with Gasteiger partial charge in [-0.1, -0.05) is 6.92 Å². The number of rotatable bonds is 4. The van der Waals surface area contributed by atoms with Crippen LogP contribution in [0.1, 0.15) is 47.0 Å². The van der Waals surface area contributed by atoms with Crippen molar-refractivity contribution in [3.8, 4) is 0 Å². The largest absolute Gasteiger partial charge is 0.444 e. The lowest BCUT2D eigenvalue weighted by Crippen LogP contribution is -2.50. The Bertz CT molecular complexity index is 443. The maximum atomic E-state index is 12.3. The van der Waals surface area contributed by atoms with Crippen LogP contribution in [0.15, 0.2) is 5.10 Å². The summed E-state index contributed by atoms with van der Waals surface area (Å²) in [4.78, 5) is 27.9. The first kappa shape index (κ1) is 19.3. The van der Waals surface area contributed by atoms with E-state index < -0.39 is 5.60 Å². The van der Waals surface area contributed by atoms with Crippen molar-refractivity contribution in [2.24, 2.45) is 11.0 Å². The molecule has 2 amide bonds. The number of carbonyl (C=O) groups excluding carboxylic acids is 2. The minimum Gasteiger partial charge on any atom is -0.444 e. The van der Waals surface area contributed by atoms with E-state index in [0.717, 1.165) is 6.42 Å². The maximum absolute atomic E-state index is 12.3. The first-order chi connectivity index (χ1) is 10.6. The Morgan fingerprint density at radius 1 is 1.39 bits per heavy atom. The molecular formula is C16H30N4O3. The predicted octanol–water partition coefficient (Wildman–Crippen LogP) is 2.03. The van der Waals surface area contributed by atoms with E-state index in [9.17, 15) is 9.59 Å². The van der Waals surface area contributed by atoms with Crippen LogP contribution in [0.25, 0.3) is 0 Å². The Morgan fingerprint density at radius 3 is 2.57 bits per heavy atom. The van der Waals surface area contributed by atoms with Crippen molar-refractivity contribution >= 4 is 18.3 Å². The summed E-state index contributed by atoms with van der Waals surface area (Å²) < 4.78 is 5.45. The van der Waals surface area contributed by atoms with Gasteiger partial charge in [0.25, 0.3) is 0 Å². The smallest absolute Gasteiger partial charge is 0.410 e. The van der Waals surface area contributed by atoms with Crippen LogP contribution in [0.2, 0.25) is 0 Å². The van der Waals surface area contributed by atoms with Crippen LogP contribution in [0.5, 0.6) is 0 Å². The monoisotopic (exact) mass is 326 g/mol. The molecule has 7 heteroatoms. The number of likely N-dealkylation sites (tertiary alicyclic amines) is 1. The first-order valence-electron chi connectivity index (χ1n) is 8.13. The molecule has 0 aromatic heterocycles. The summed E-state index contributed by atoms with van der Waals surface area (Å²) >= 11 is 0. The zero-order valence-electron chi connectivity index (χ0n) is 15.1. The van der Waals surface area contributed by atoms with E-state index in [2.05, 4.69) is 10.5 Å². The van der Waals surface area contributed by atoms with E-state index in [4.69, 9.17) is 4.74 Å². The summed E-state index contributed by atoms with van der Waals surface area (Å²) in [5.41, 5.74) is 2.06. The van der Waals surface area contributed by atoms with Gasteiger partial charge in [0, 0.05) is 32.6 Å². The number of piperidine rings is 1. The highest BCUT2D eigenvalue weighted by molar-refractivity contribution is 5.79. The van der Waals surface area contributed by atoms with Crippen LogP contribution >= 0.6 is 0 Å². The van der Waals surface area contributed by atoms with Gasteiger partial charge in [0.2, 0.25) is 5.91 Å². The Balaban J connectivity index is 2.61. The highest BCUT2D eigenvalue weighted by Gasteiger charge is 2.35. The van der Waals surface area contributed by atoms with E-state index in [-0.39, 0.29) is 24.0 Å². The van der Waals surface area contributed by atoms with Gasteiger partial charge >= 0.3 is 6.09 Å². The number of hydrazone groups is 1. The molecule has 0 radical (unpaired) electrons. The molecular weight excluding hydrogens is 296 g/mol. The molecule has 0 bridgehead atoms. The SMILES string of the molecule is CC[C@@H]1C[C@H](C(=O)N/N=C/N(C)C)CCN1C(=O)OC(C)(C)C. The Hall–Kier alpha value is -1.79. The molecule has 0 aromatic rings. The van der Waals surface area contributed by atoms with Crippen molar-refractivity contribution in [2.75, 3.05) is 20.6 Å². The molecule has 23 heavy (non-hydrogen) atoms. The zero-order chi connectivity index (χ0) is 17.6. The summed E-state index contributed by atoms with van der Waals surface area (Å²) in [6, 6.07) is 0.0205. The number of nitrogens with zero attached hydrogens (tertiary/aromatic N) is 3. The van der Waals surface area contributed by atoms with Crippen molar-refractivity contribution in [1.29, 1.82) is 0 Å². The fourth-order valence-electron chi connectivity index (χ4n) is 2.54. The van der Waals surface area contributed by atoms with Crippen LogP contribution in [0, 0.1) is 5.92 Å². The molecule has 1 rings (SSSR count). The van der Waals surface area contributed by atoms with Gasteiger partial charge in [-0.05, 0) is 40.0 Å². The van der Waals surface area contributed by atoms with E-state index in [1.807, 2.05) is 41.8 Å². The fraction of sp³-hybridized carbons (Fsp3) is 0.812. The third-order valence-corrected chi connectivity index (χ3v) is 3.65. The first-order valence-corrected chi connectivity index (χ1v) is 8.13. The Morgan fingerprint density at radius 2 is 2.04 bits per heavy atom. The van der Waals surface area contributed by atoms with Crippen molar-refractivity contribution in [3.63, 3.8) is 0 Å². The molecule has 1 aliphatic rings. The highest BCUT2D eigenvalue weighted by Crippen LogP contribution is 2.26. The molecule has 0 spiro atoms. The summed E-state index contributed by atoms with van der Waals surface area (Å²) in [6.45, 7) is 8.12. The number of carbonyl (C=O) groups is 2. The van der Waals surface area contributed by atoms with Crippen LogP contribution in [0.3, 0.4) is 0 Å². The summed E-state index contributed by atoms with van der Waals surface area (Å²) in [5.74, 6) is -0.219. The van der Waals surface area contributed by atoms with E-state index in [0.29, 0.717) is 19.4 Å². The molecule has 1 fully saturated rings. The second-order valence-corrected chi connectivity index (χ2v) is 7.14. The molecule has 1 heterocycles. The maximum Gasteiger partial charge on any atom is 0.410 e. The standard InChI is InChI=1S/C16H30N4O3/c1-7-13-10-12(14(21)18-17-11-19(5)6)8-9-20(13)15(22)23-16(2,3)4/h11-13H,7-10H2,1-6H3,(H,18,21)/b17-11+/t12-,13-/m1/s1. The lowest BCUT2D eigenvalue weighted by atomic mass is 9.89. The fourth-order valence-corrected chi connectivity index (χ4v) is 2.54. The van der Waals surface area contributed by atoms with Gasteiger partial charge in [0.15, 0.2) is 0 Å². The van der Waals surface area contributed by atoms with E-state index >= 15 is 0 Å². The zero-order valence-corrected chi connectivity index (χ0v) is 15.1. The summed E-state index contributed by atoms with van der Waals surface area (Å²) in [5, 5.41) is 3.90. The van der Waals surface area contributed by atoms with Gasteiger partial charge in [0.1, 0.15) is 11.9 Å². The molecule has 0 aliphatic carbocycles. The van der Waals surface area contributed by atoms with Gasteiger partial charge in [-0.3, -0.25) is 4.79 Å². The normalized spacial score (nSPS) is 22.1. The van der Waals surface area contributed by atoms with Crippen molar-refractivity contribution in [3.05, 3.63) is 0 Å². The van der Waals surface area contributed by atoms with E-state index in [1.165, 1.54) is 0 Å². The highest BCUT2D eigenvalue weighted by atomic mass is 16.6. The average Bonchev–Trinajstić information content (AvgIpc) is 2.44. The molecule has 0 saturated carbocycles. The lowest BCUT2D eigenvalue weighted by Gasteiger charge is -2.39. The summed E-state index contributed by atoms with van der Waals surface area (Å²) in [6.07, 6.45) is 3.31. The van der Waals surface area contributed by atoms with Crippen molar-refractivity contribution in [1.82, 2.24) is 15.2 Å². The number of hydrogen-bond acceptors (Lipinski definition) is 4. The molecule has 1 saturated heterocycles. The molecule has 2 atom stereocenters. The number of amides is 2. The topological polar surface area (TPSA) is 74.2 Å². The van der Waals surface area contributed by atoms with Gasteiger partial charge in [0.05, 0.1) is 0 Å². The molecule has 0 aromatic carbocycles. The molecule has 7 nitrogen and oxygen atoms in total. The summed E-state index contributed by atoms with van der Waals surface area (Å²) in [7, 11) is 3.67. The van der Waals surface area contributed by atoms with Gasteiger partial charge in [-0.15, -0.1) is 0 Å². The van der Waals surface area contributed by atoms with Gasteiger partial charge in [-0.25, -0.2) is 10.2 Å². The van der Waals surface area contributed by atoms with Gasteiger partial charge < -0.3 is 14.5 Å².